The van der Waals surface area contributed by atoms with Gasteiger partial charge in [-0.2, -0.15) is 0 Å². The molecular formula is C13H18N4. The highest BCUT2D eigenvalue weighted by Gasteiger charge is 2.21. The summed E-state index contributed by atoms with van der Waals surface area (Å²) in [6.45, 7) is 6.80. The van der Waals surface area contributed by atoms with Crippen LogP contribution in [0, 0.1) is 6.92 Å². The third-order valence-corrected chi connectivity index (χ3v) is 2.80. The first kappa shape index (κ1) is 11.6. The maximum atomic E-state index is 4.18. The molecule has 0 saturated heterocycles. The molecule has 1 aromatic heterocycles. The van der Waals surface area contributed by atoms with Crippen molar-refractivity contribution in [3.63, 3.8) is 0 Å². The van der Waals surface area contributed by atoms with E-state index in [4.69, 9.17) is 0 Å². The fourth-order valence-corrected chi connectivity index (χ4v) is 2.10. The Morgan fingerprint density at radius 1 is 1.06 bits per heavy atom. The monoisotopic (exact) mass is 230 g/mol. The predicted octanol–water partition coefficient (Wildman–Crippen LogP) is 2.55. The van der Waals surface area contributed by atoms with E-state index in [1.807, 2.05) is 26.8 Å². The molecular weight excluding hydrogens is 212 g/mol. The van der Waals surface area contributed by atoms with Gasteiger partial charge in [-0.25, -0.2) is 0 Å². The van der Waals surface area contributed by atoms with E-state index in [0.717, 1.165) is 18.2 Å². The molecule has 0 amide bonds. The summed E-state index contributed by atoms with van der Waals surface area (Å²) in [7, 11) is 2.08. The van der Waals surface area contributed by atoms with Gasteiger partial charge >= 0.3 is 0 Å². The lowest BCUT2D eigenvalue weighted by molar-refractivity contribution is 0.764. The van der Waals surface area contributed by atoms with Crippen molar-refractivity contribution in [1.29, 1.82) is 0 Å². The number of aromatic nitrogens is 3. The van der Waals surface area contributed by atoms with E-state index in [-0.39, 0.29) is 0 Å². The highest BCUT2D eigenvalue weighted by molar-refractivity contribution is 5.65. The van der Waals surface area contributed by atoms with Gasteiger partial charge in [-0.3, -0.25) is 4.57 Å². The first-order valence-corrected chi connectivity index (χ1v) is 5.99. The van der Waals surface area contributed by atoms with Gasteiger partial charge in [0.25, 0.3) is 0 Å². The second-order valence-electron chi connectivity index (χ2n) is 3.84. The Bertz CT molecular complexity index is 516. The van der Waals surface area contributed by atoms with E-state index in [9.17, 15) is 0 Å². The van der Waals surface area contributed by atoms with Crippen LogP contribution < -0.4 is 4.90 Å². The van der Waals surface area contributed by atoms with E-state index in [0.29, 0.717) is 0 Å². The first-order valence-electron chi connectivity index (χ1n) is 5.99. The van der Waals surface area contributed by atoms with E-state index in [1.165, 1.54) is 11.4 Å². The van der Waals surface area contributed by atoms with Crippen molar-refractivity contribution >= 4 is 5.69 Å². The van der Waals surface area contributed by atoms with Crippen molar-refractivity contribution in [2.45, 2.75) is 27.3 Å². The summed E-state index contributed by atoms with van der Waals surface area (Å²) in [5.41, 5.74) is 2.40. The normalized spacial score (nSPS) is 12.4. The lowest BCUT2D eigenvalue weighted by Crippen LogP contribution is -2.25. The van der Waals surface area contributed by atoms with Gasteiger partial charge in [0.15, 0.2) is 5.82 Å². The smallest absolute Gasteiger partial charge is 0.157 e. The number of benzene rings is 1. The number of aryl methyl sites for hydroxylation is 1. The second-order valence-corrected chi connectivity index (χ2v) is 3.84. The minimum Gasteiger partial charge on any atom is -0.365 e. The highest BCUT2D eigenvalue weighted by atomic mass is 15.3. The second kappa shape index (κ2) is 4.57. The number of anilines is 1. The van der Waals surface area contributed by atoms with Gasteiger partial charge in [0.05, 0.1) is 17.9 Å². The minimum absolute atomic E-state index is 0.817. The van der Waals surface area contributed by atoms with Crippen molar-refractivity contribution < 1.29 is 0 Å². The van der Waals surface area contributed by atoms with Gasteiger partial charge in [0.2, 0.25) is 0 Å². The lowest BCUT2D eigenvalue weighted by atomic mass is 10.2. The van der Waals surface area contributed by atoms with E-state index in [2.05, 4.69) is 44.9 Å². The van der Waals surface area contributed by atoms with Crippen LogP contribution in [0.4, 0.5) is 5.69 Å². The van der Waals surface area contributed by atoms with Crippen LogP contribution in [0.15, 0.2) is 24.3 Å². The van der Waals surface area contributed by atoms with E-state index >= 15 is 0 Å². The molecule has 0 unspecified atom stereocenters. The molecule has 4 nitrogen and oxygen atoms in total. The van der Waals surface area contributed by atoms with Crippen LogP contribution in [0.3, 0.4) is 0 Å². The number of hydrogen-bond acceptors (Lipinski definition) is 3. The molecule has 0 radical (unpaired) electrons. The maximum absolute atomic E-state index is 4.18. The molecule has 0 N–H and O–H groups in total. The Morgan fingerprint density at radius 3 is 2.41 bits per heavy atom. The van der Waals surface area contributed by atoms with E-state index in [1.54, 1.807) is 0 Å². The molecule has 0 bridgehead atoms. The fourth-order valence-electron chi connectivity index (χ4n) is 2.10. The van der Waals surface area contributed by atoms with Crippen LogP contribution in [0.5, 0.6) is 0 Å². The van der Waals surface area contributed by atoms with Crippen LogP contribution in [-0.2, 0) is 6.54 Å². The molecule has 90 valence electrons. The Balaban J connectivity index is 0.000000514. The van der Waals surface area contributed by atoms with Crippen molar-refractivity contribution in [3.05, 3.63) is 35.9 Å². The summed E-state index contributed by atoms with van der Waals surface area (Å²) >= 11 is 0. The maximum Gasteiger partial charge on any atom is 0.157 e. The number of nitrogens with zero attached hydrogens (tertiary/aromatic N) is 4. The van der Waals surface area contributed by atoms with Crippen molar-refractivity contribution in [2.24, 2.45) is 0 Å². The SMILES string of the molecule is CC.Cc1nnc2n1-c1ccccc1N(C)C2. The van der Waals surface area contributed by atoms with Gasteiger partial charge in [0.1, 0.15) is 5.82 Å². The van der Waals surface area contributed by atoms with Crippen molar-refractivity contribution in [2.75, 3.05) is 11.9 Å². The molecule has 1 aliphatic heterocycles. The molecule has 17 heavy (non-hydrogen) atoms. The lowest BCUT2D eigenvalue weighted by Gasteiger charge is -2.28. The number of fused-ring (bicyclic) bond motifs is 3. The van der Waals surface area contributed by atoms with Gasteiger partial charge < -0.3 is 4.90 Å². The average Bonchev–Trinajstić information content (AvgIpc) is 2.74. The summed E-state index contributed by atoms with van der Waals surface area (Å²) < 4.78 is 2.12. The molecule has 4 heteroatoms. The molecule has 0 fully saturated rings. The highest BCUT2D eigenvalue weighted by Crippen LogP contribution is 2.30. The standard InChI is InChI=1S/C11H12N4.C2H6/c1-8-12-13-11-7-14(2)9-5-3-4-6-10(9)15(8)11;1-2/h3-6H,7H2,1-2H3;1-2H3. The molecule has 3 rings (SSSR count). The Labute approximate surface area is 102 Å². The van der Waals surface area contributed by atoms with Gasteiger partial charge in [-0.1, -0.05) is 26.0 Å². The molecule has 2 aromatic rings. The zero-order chi connectivity index (χ0) is 12.4. The van der Waals surface area contributed by atoms with E-state index < -0.39 is 0 Å². The van der Waals surface area contributed by atoms with Crippen LogP contribution >= 0.6 is 0 Å². The van der Waals surface area contributed by atoms with Gasteiger partial charge in [-0.05, 0) is 19.1 Å². The average molecular weight is 230 g/mol. The molecule has 2 heterocycles. The molecule has 0 spiro atoms. The summed E-state index contributed by atoms with van der Waals surface area (Å²) in [5.74, 6) is 1.96. The summed E-state index contributed by atoms with van der Waals surface area (Å²) in [5, 5.41) is 8.29. The predicted molar refractivity (Wildman–Crippen MR) is 69.6 cm³/mol. The van der Waals surface area contributed by atoms with Crippen LogP contribution in [0.2, 0.25) is 0 Å². The Hall–Kier alpha value is -1.84. The Kier molecular flexibility index (Phi) is 3.13. The summed E-state index contributed by atoms with van der Waals surface area (Å²) in [4.78, 5) is 2.19. The molecule has 0 aliphatic carbocycles. The molecule has 1 aliphatic rings. The van der Waals surface area contributed by atoms with Crippen molar-refractivity contribution in [1.82, 2.24) is 14.8 Å². The van der Waals surface area contributed by atoms with Gasteiger partial charge in [-0.15, -0.1) is 10.2 Å². The minimum atomic E-state index is 0.817. The zero-order valence-corrected chi connectivity index (χ0v) is 10.8. The third kappa shape index (κ3) is 1.79. The van der Waals surface area contributed by atoms with Gasteiger partial charge in [0, 0.05) is 7.05 Å². The fraction of sp³-hybridized carbons (Fsp3) is 0.385. The summed E-state index contributed by atoms with van der Waals surface area (Å²) in [6.07, 6.45) is 0. The molecule has 0 atom stereocenters. The van der Waals surface area contributed by atoms with Crippen LogP contribution in [-0.4, -0.2) is 21.8 Å². The quantitative estimate of drug-likeness (QED) is 0.697. The Morgan fingerprint density at radius 2 is 1.71 bits per heavy atom. The third-order valence-electron chi connectivity index (χ3n) is 2.80. The largest absolute Gasteiger partial charge is 0.365 e. The molecule has 0 saturated carbocycles. The number of hydrogen-bond donors (Lipinski definition) is 0. The topological polar surface area (TPSA) is 34.0 Å². The van der Waals surface area contributed by atoms with Crippen LogP contribution in [0.1, 0.15) is 25.5 Å². The molecule has 1 aromatic carbocycles. The zero-order valence-electron chi connectivity index (χ0n) is 10.8. The summed E-state index contributed by atoms with van der Waals surface area (Å²) in [6, 6.07) is 8.32. The van der Waals surface area contributed by atoms with Crippen LogP contribution in [0.25, 0.3) is 5.69 Å². The van der Waals surface area contributed by atoms with Crippen molar-refractivity contribution in [3.8, 4) is 5.69 Å². The first-order chi connectivity index (χ1) is 8.27. The number of para-hydroxylation sites is 2. The number of rotatable bonds is 0.